The lowest BCUT2D eigenvalue weighted by Gasteiger charge is -2.36. The molecule has 2 fully saturated rings. The molecule has 3 aromatic rings. The van der Waals surface area contributed by atoms with Crippen molar-refractivity contribution < 1.29 is 9.53 Å². The number of anilines is 2. The van der Waals surface area contributed by atoms with Crippen LogP contribution in [-0.2, 0) is 4.79 Å². The second kappa shape index (κ2) is 11.0. The Morgan fingerprint density at radius 2 is 1.86 bits per heavy atom. The van der Waals surface area contributed by atoms with Crippen LogP contribution in [0.5, 0.6) is 5.75 Å². The zero-order valence-electron chi connectivity index (χ0n) is 20.6. The number of nitrogens with zero attached hydrogens (tertiary/aromatic N) is 4. The number of piperidine rings is 1. The minimum Gasteiger partial charge on any atom is -0.497 e. The highest BCUT2D eigenvalue weighted by atomic mass is 16.5. The second-order valence-electron chi connectivity index (χ2n) is 9.53. The Labute approximate surface area is 207 Å². The van der Waals surface area contributed by atoms with Crippen molar-refractivity contribution in [1.82, 2.24) is 20.2 Å². The quantitative estimate of drug-likeness (QED) is 0.487. The fourth-order valence-corrected chi connectivity index (χ4v) is 5.15. The minimum atomic E-state index is 0.0185. The van der Waals surface area contributed by atoms with Gasteiger partial charge in [-0.05, 0) is 62.2 Å². The van der Waals surface area contributed by atoms with Crippen LogP contribution in [0.25, 0.3) is 11.0 Å². The first-order chi connectivity index (χ1) is 17.2. The van der Waals surface area contributed by atoms with E-state index in [0.717, 1.165) is 94.4 Å². The number of piperazine rings is 1. The van der Waals surface area contributed by atoms with E-state index in [2.05, 4.69) is 37.1 Å². The molecule has 186 valence electrons. The zero-order valence-corrected chi connectivity index (χ0v) is 20.6. The number of H-pyrrole nitrogens is 1. The smallest absolute Gasteiger partial charge is 0.224 e. The van der Waals surface area contributed by atoms with Gasteiger partial charge in [0.25, 0.3) is 0 Å². The molecule has 0 spiro atoms. The van der Waals surface area contributed by atoms with E-state index < -0.39 is 0 Å². The van der Waals surface area contributed by atoms with Crippen molar-refractivity contribution in [3.05, 3.63) is 48.5 Å². The molecule has 3 heterocycles. The normalized spacial score (nSPS) is 19.2. The molecular formula is C27H36N6O2. The fraction of sp³-hybridized carbons (Fsp3) is 0.481. The van der Waals surface area contributed by atoms with Crippen molar-refractivity contribution in [2.75, 3.05) is 69.3 Å². The molecule has 0 aliphatic carbocycles. The fourth-order valence-electron chi connectivity index (χ4n) is 5.15. The molecule has 1 unspecified atom stereocenters. The summed E-state index contributed by atoms with van der Waals surface area (Å²) in [6.07, 6.45) is 2.93. The van der Waals surface area contributed by atoms with Crippen LogP contribution in [-0.4, -0.2) is 80.2 Å². The average molecular weight is 477 g/mol. The number of fused-ring (bicyclic) bond motifs is 1. The molecule has 0 bridgehead atoms. The molecule has 8 nitrogen and oxygen atoms in total. The van der Waals surface area contributed by atoms with Gasteiger partial charge in [0.1, 0.15) is 5.75 Å². The summed E-state index contributed by atoms with van der Waals surface area (Å²) in [4.78, 5) is 28.1. The molecule has 1 atom stereocenters. The van der Waals surface area contributed by atoms with Gasteiger partial charge in [0.05, 0.1) is 24.1 Å². The highest BCUT2D eigenvalue weighted by molar-refractivity contribution is 5.80. The van der Waals surface area contributed by atoms with Gasteiger partial charge in [-0.1, -0.05) is 12.1 Å². The summed E-state index contributed by atoms with van der Waals surface area (Å²) in [6.45, 7) is 7.57. The zero-order chi connectivity index (χ0) is 24.0. The number of ether oxygens (including phenoxy) is 1. The number of methoxy groups -OCH3 is 1. The van der Waals surface area contributed by atoms with E-state index in [9.17, 15) is 4.79 Å². The molecule has 8 heteroatoms. The van der Waals surface area contributed by atoms with E-state index in [1.165, 1.54) is 5.69 Å². The molecule has 1 aromatic heterocycles. The molecule has 2 aromatic carbocycles. The van der Waals surface area contributed by atoms with E-state index in [1.54, 1.807) is 7.11 Å². The van der Waals surface area contributed by atoms with Crippen molar-refractivity contribution in [3.63, 3.8) is 0 Å². The van der Waals surface area contributed by atoms with Crippen LogP contribution in [0.3, 0.4) is 0 Å². The molecular weight excluding hydrogens is 440 g/mol. The predicted molar refractivity (Wildman–Crippen MR) is 140 cm³/mol. The van der Waals surface area contributed by atoms with Crippen LogP contribution < -0.4 is 19.9 Å². The van der Waals surface area contributed by atoms with Crippen LogP contribution in [0, 0.1) is 5.92 Å². The van der Waals surface area contributed by atoms with Gasteiger partial charge < -0.3 is 24.8 Å². The van der Waals surface area contributed by atoms with Gasteiger partial charge in [0, 0.05) is 51.5 Å². The van der Waals surface area contributed by atoms with Gasteiger partial charge in [0.15, 0.2) is 0 Å². The number of hydrogen-bond acceptors (Lipinski definition) is 6. The molecule has 2 saturated heterocycles. The Balaban J connectivity index is 1.02. The number of benzene rings is 2. The van der Waals surface area contributed by atoms with Gasteiger partial charge in [0.2, 0.25) is 11.9 Å². The summed E-state index contributed by atoms with van der Waals surface area (Å²) in [5.74, 6) is 1.96. The maximum absolute atomic E-state index is 12.8. The maximum Gasteiger partial charge on any atom is 0.224 e. The second-order valence-corrected chi connectivity index (χ2v) is 9.53. The van der Waals surface area contributed by atoms with Crippen molar-refractivity contribution in [3.8, 4) is 5.75 Å². The molecule has 1 amide bonds. The third kappa shape index (κ3) is 5.70. The summed E-state index contributed by atoms with van der Waals surface area (Å²) >= 11 is 0. The van der Waals surface area contributed by atoms with E-state index in [1.807, 2.05) is 36.4 Å². The first-order valence-corrected chi connectivity index (χ1v) is 12.8. The molecule has 0 saturated carbocycles. The van der Waals surface area contributed by atoms with Crippen LogP contribution in [0.2, 0.25) is 0 Å². The Morgan fingerprint density at radius 1 is 1.06 bits per heavy atom. The minimum absolute atomic E-state index is 0.0185. The molecule has 35 heavy (non-hydrogen) atoms. The molecule has 2 aliphatic heterocycles. The standard InChI is InChI=1S/C27H36N6O2/c1-35-23-11-9-22(10-12-23)32-18-16-31(17-19-32)14-5-13-28-26(34)21-6-4-15-33(20-21)27-29-24-7-2-3-8-25(24)30-27/h2-3,7-12,21H,4-6,13-20H2,1H3,(H,28,34)(H,29,30). The Kier molecular flexibility index (Phi) is 7.37. The Hall–Kier alpha value is -3.26. The topological polar surface area (TPSA) is 76.7 Å². The van der Waals surface area contributed by atoms with E-state index >= 15 is 0 Å². The van der Waals surface area contributed by atoms with E-state index in [4.69, 9.17) is 9.72 Å². The van der Waals surface area contributed by atoms with Gasteiger partial charge in [-0.3, -0.25) is 9.69 Å². The van der Waals surface area contributed by atoms with Gasteiger partial charge in [-0.2, -0.15) is 0 Å². The first-order valence-electron chi connectivity index (χ1n) is 12.8. The monoisotopic (exact) mass is 476 g/mol. The molecule has 0 radical (unpaired) electrons. The van der Waals surface area contributed by atoms with Crippen LogP contribution in [0.15, 0.2) is 48.5 Å². The van der Waals surface area contributed by atoms with Crippen LogP contribution in [0.4, 0.5) is 11.6 Å². The Morgan fingerprint density at radius 3 is 2.63 bits per heavy atom. The van der Waals surface area contributed by atoms with Gasteiger partial charge >= 0.3 is 0 Å². The van der Waals surface area contributed by atoms with E-state index in [-0.39, 0.29) is 11.8 Å². The maximum atomic E-state index is 12.8. The summed E-state index contributed by atoms with van der Waals surface area (Å²) in [7, 11) is 1.70. The van der Waals surface area contributed by atoms with Crippen LogP contribution in [0.1, 0.15) is 19.3 Å². The van der Waals surface area contributed by atoms with Gasteiger partial charge in [-0.15, -0.1) is 0 Å². The number of amides is 1. The first kappa shape index (κ1) is 23.5. The number of aromatic nitrogens is 2. The lowest BCUT2D eigenvalue weighted by atomic mass is 9.97. The highest BCUT2D eigenvalue weighted by Gasteiger charge is 2.27. The molecule has 5 rings (SSSR count). The predicted octanol–water partition coefficient (Wildman–Crippen LogP) is 3.12. The van der Waals surface area contributed by atoms with Crippen molar-refractivity contribution in [2.24, 2.45) is 5.92 Å². The number of carbonyl (C=O) groups excluding carboxylic acids is 1. The third-order valence-electron chi connectivity index (χ3n) is 7.23. The Bertz CT molecular complexity index is 1070. The van der Waals surface area contributed by atoms with Crippen LogP contribution >= 0.6 is 0 Å². The number of rotatable bonds is 8. The number of hydrogen-bond donors (Lipinski definition) is 2. The lowest BCUT2D eigenvalue weighted by molar-refractivity contribution is -0.125. The summed E-state index contributed by atoms with van der Waals surface area (Å²) < 4.78 is 5.26. The van der Waals surface area contributed by atoms with E-state index in [0.29, 0.717) is 0 Å². The van der Waals surface area contributed by atoms with Gasteiger partial charge in [-0.25, -0.2) is 4.98 Å². The molecule has 2 aliphatic rings. The number of carbonyl (C=O) groups is 1. The number of nitrogens with one attached hydrogen (secondary N) is 2. The van der Waals surface area contributed by atoms with Crippen molar-refractivity contribution >= 4 is 28.6 Å². The number of imidazole rings is 1. The largest absolute Gasteiger partial charge is 0.497 e. The third-order valence-corrected chi connectivity index (χ3v) is 7.23. The molecule has 2 N–H and O–H groups in total. The SMILES string of the molecule is COc1ccc(N2CCN(CCCNC(=O)C3CCCN(c4nc5ccccc5[nH]4)C3)CC2)cc1. The van der Waals surface area contributed by atoms with Crippen molar-refractivity contribution in [1.29, 1.82) is 0 Å². The average Bonchev–Trinajstić information content (AvgIpc) is 3.36. The lowest BCUT2D eigenvalue weighted by Crippen LogP contribution is -2.47. The summed E-state index contributed by atoms with van der Waals surface area (Å²) in [5.41, 5.74) is 3.26. The number of aromatic amines is 1. The summed E-state index contributed by atoms with van der Waals surface area (Å²) in [5, 5.41) is 3.19. The van der Waals surface area contributed by atoms with Crippen molar-refractivity contribution in [2.45, 2.75) is 19.3 Å². The summed E-state index contributed by atoms with van der Waals surface area (Å²) in [6, 6.07) is 16.4. The number of para-hydroxylation sites is 2. The highest BCUT2D eigenvalue weighted by Crippen LogP contribution is 2.24.